The largest absolute Gasteiger partial charge is 0.315 e. The van der Waals surface area contributed by atoms with Crippen molar-refractivity contribution in [3.05, 3.63) is 53.0 Å². The fourth-order valence-corrected chi connectivity index (χ4v) is 3.26. The zero-order valence-electron chi connectivity index (χ0n) is 17.0. The number of amidine groups is 1. The van der Waals surface area contributed by atoms with Crippen LogP contribution in [0.3, 0.4) is 0 Å². The van der Waals surface area contributed by atoms with Gasteiger partial charge in [0.2, 0.25) is 5.91 Å². The fourth-order valence-electron chi connectivity index (χ4n) is 3.26. The molecule has 0 fully saturated rings. The Morgan fingerprint density at radius 3 is 2.73 bits per heavy atom. The number of nitrogens with zero attached hydrogens (tertiary/aromatic N) is 3. The monoisotopic (exact) mass is 410 g/mol. The average Bonchev–Trinajstić information content (AvgIpc) is 2.71. The number of hydrogen-bond donors (Lipinski definition) is 3. The van der Waals surface area contributed by atoms with Crippen LogP contribution in [0.25, 0.3) is 0 Å². The number of rotatable bonds is 5. The first-order valence-corrected chi connectivity index (χ1v) is 9.48. The van der Waals surface area contributed by atoms with Crippen LogP contribution in [0.4, 0.5) is 15.9 Å². The summed E-state index contributed by atoms with van der Waals surface area (Å²) in [6.45, 7) is 3.68. The number of nitrogens with one attached hydrogen (secondary N) is 3. The van der Waals surface area contributed by atoms with Gasteiger partial charge >= 0.3 is 0 Å². The summed E-state index contributed by atoms with van der Waals surface area (Å²) < 4.78 is 14.6. The number of fused-ring (bicyclic) bond motifs is 1. The lowest BCUT2D eigenvalue weighted by atomic mass is 9.98. The van der Waals surface area contributed by atoms with Crippen LogP contribution in [-0.2, 0) is 11.2 Å². The predicted octanol–water partition coefficient (Wildman–Crippen LogP) is 3.02. The highest BCUT2D eigenvalue weighted by Gasteiger charge is 2.25. The van der Waals surface area contributed by atoms with Crippen LogP contribution in [-0.4, -0.2) is 47.0 Å². The Bertz CT molecular complexity index is 1040. The molecule has 2 aromatic rings. The van der Waals surface area contributed by atoms with Crippen molar-refractivity contribution in [1.29, 1.82) is 10.8 Å². The quantitative estimate of drug-likeness (QED) is 0.519. The first-order valence-electron chi connectivity index (χ1n) is 9.48. The smallest absolute Gasteiger partial charge is 0.259 e. The van der Waals surface area contributed by atoms with Gasteiger partial charge in [0.15, 0.2) is 5.84 Å². The van der Waals surface area contributed by atoms with Gasteiger partial charge in [0.25, 0.3) is 5.91 Å². The zero-order chi connectivity index (χ0) is 22.0. The van der Waals surface area contributed by atoms with Gasteiger partial charge in [-0.15, -0.1) is 0 Å². The third-order valence-electron chi connectivity index (χ3n) is 4.94. The molecule has 2 heterocycles. The summed E-state index contributed by atoms with van der Waals surface area (Å²) in [5.41, 5.74) is 1.27. The molecule has 3 N–H and O–H groups in total. The highest BCUT2D eigenvalue weighted by molar-refractivity contribution is 6.06. The molecule has 0 bridgehead atoms. The number of aromatic nitrogens is 1. The number of carbonyl (C=O) groups excluding carboxylic acids is 2. The van der Waals surface area contributed by atoms with Crippen LogP contribution in [0, 0.1) is 16.6 Å². The lowest BCUT2D eigenvalue weighted by Crippen LogP contribution is -2.36. The SMILES string of the molecule is CC(C)N(C=N)C(=N)c1cccc(NC(=O)c2cc3c(cc2F)CCC(=O)N3C)n1. The number of amides is 2. The lowest BCUT2D eigenvalue weighted by Gasteiger charge is -2.26. The van der Waals surface area contributed by atoms with Crippen molar-refractivity contribution in [3.63, 3.8) is 0 Å². The molecule has 156 valence electrons. The zero-order valence-corrected chi connectivity index (χ0v) is 17.0. The molecule has 9 heteroatoms. The van der Waals surface area contributed by atoms with Gasteiger partial charge in [-0.05, 0) is 50.1 Å². The van der Waals surface area contributed by atoms with Crippen molar-refractivity contribution < 1.29 is 14.0 Å². The van der Waals surface area contributed by atoms with Gasteiger partial charge in [0.1, 0.15) is 17.3 Å². The average molecular weight is 410 g/mol. The summed E-state index contributed by atoms with van der Waals surface area (Å²) in [7, 11) is 1.60. The van der Waals surface area contributed by atoms with Gasteiger partial charge in [-0.25, -0.2) is 9.37 Å². The van der Waals surface area contributed by atoms with Crippen molar-refractivity contribution >= 4 is 35.5 Å². The van der Waals surface area contributed by atoms with E-state index >= 15 is 0 Å². The van der Waals surface area contributed by atoms with Crippen LogP contribution in [0.2, 0.25) is 0 Å². The Morgan fingerprint density at radius 2 is 2.07 bits per heavy atom. The Hall–Kier alpha value is -3.62. The molecule has 0 unspecified atom stereocenters. The molecule has 1 aromatic heterocycles. The normalized spacial score (nSPS) is 13.1. The van der Waals surface area contributed by atoms with E-state index in [0.717, 1.165) is 6.34 Å². The van der Waals surface area contributed by atoms with Crippen LogP contribution >= 0.6 is 0 Å². The molecule has 0 aliphatic carbocycles. The molecule has 3 rings (SSSR count). The minimum atomic E-state index is -0.703. The number of anilines is 2. The van der Waals surface area contributed by atoms with Crippen LogP contribution in [0.5, 0.6) is 0 Å². The number of hydrogen-bond acceptors (Lipinski definition) is 5. The van der Waals surface area contributed by atoms with E-state index in [2.05, 4.69) is 10.3 Å². The van der Waals surface area contributed by atoms with E-state index in [1.165, 1.54) is 28.0 Å². The van der Waals surface area contributed by atoms with E-state index in [1.54, 1.807) is 19.2 Å². The Morgan fingerprint density at radius 1 is 1.33 bits per heavy atom. The van der Waals surface area contributed by atoms with Gasteiger partial charge in [0.05, 0.1) is 11.9 Å². The molecule has 1 aliphatic rings. The summed E-state index contributed by atoms with van der Waals surface area (Å²) in [5, 5.41) is 18.3. The van der Waals surface area contributed by atoms with E-state index in [1.807, 2.05) is 13.8 Å². The first kappa shape index (κ1) is 21.1. The predicted molar refractivity (Wildman–Crippen MR) is 113 cm³/mol. The summed E-state index contributed by atoms with van der Waals surface area (Å²) in [5.74, 6) is -1.30. The van der Waals surface area contributed by atoms with Crippen LogP contribution in [0.15, 0.2) is 30.3 Å². The second kappa shape index (κ2) is 8.40. The van der Waals surface area contributed by atoms with Crippen molar-refractivity contribution in [2.24, 2.45) is 0 Å². The molecule has 0 atom stereocenters. The second-order valence-electron chi connectivity index (χ2n) is 7.25. The number of pyridine rings is 1. The molecule has 8 nitrogen and oxygen atoms in total. The molecule has 30 heavy (non-hydrogen) atoms. The Kier molecular flexibility index (Phi) is 5.91. The standard InChI is InChI=1S/C21H23FN6O2/c1-12(2)28(11-23)20(24)16-5-4-6-18(25-16)26-21(30)14-10-17-13(9-15(14)22)7-8-19(29)27(17)3/h4-6,9-12,23-24H,7-8H2,1-3H3,(H,25,26,30). The molecular weight excluding hydrogens is 387 g/mol. The number of benzene rings is 1. The third kappa shape index (κ3) is 4.05. The highest BCUT2D eigenvalue weighted by atomic mass is 19.1. The van der Waals surface area contributed by atoms with Crippen molar-refractivity contribution in [2.45, 2.75) is 32.7 Å². The van der Waals surface area contributed by atoms with E-state index in [9.17, 15) is 14.0 Å². The van der Waals surface area contributed by atoms with Crippen molar-refractivity contribution in [2.75, 3.05) is 17.3 Å². The minimum Gasteiger partial charge on any atom is -0.315 e. The Balaban J connectivity index is 1.86. The van der Waals surface area contributed by atoms with E-state index in [0.29, 0.717) is 24.1 Å². The van der Waals surface area contributed by atoms with E-state index < -0.39 is 11.7 Å². The topological polar surface area (TPSA) is 113 Å². The van der Waals surface area contributed by atoms with Crippen LogP contribution < -0.4 is 10.2 Å². The van der Waals surface area contributed by atoms with Crippen LogP contribution in [0.1, 0.15) is 41.9 Å². The van der Waals surface area contributed by atoms with Gasteiger partial charge < -0.3 is 15.1 Å². The summed E-state index contributed by atoms with van der Waals surface area (Å²) in [6.07, 6.45) is 1.78. The lowest BCUT2D eigenvalue weighted by molar-refractivity contribution is -0.118. The molecule has 0 spiro atoms. The summed E-state index contributed by atoms with van der Waals surface area (Å²) in [6, 6.07) is 7.29. The Labute approximate surface area is 173 Å². The molecule has 1 aromatic carbocycles. The maximum absolute atomic E-state index is 14.6. The molecule has 0 saturated heterocycles. The number of halogens is 1. The summed E-state index contributed by atoms with van der Waals surface area (Å²) in [4.78, 5) is 31.7. The van der Waals surface area contributed by atoms with Gasteiger partial charge in [0, 0.05) is 25.2 Å². The van der Waals surface area contributed by atoms with Gasteiger partial charge in [-0.2, -0.15) is 0 Å². The maximum Gasteiger partial charge on any atom is 0.259 e. The highest BCUT2D eigenvalue weighted by Crippen LogP contribution is 2.29. The minimum absolute atomic E-state index is 0.0104. The first-order chi connectivity index (χ1) is 14.2. The van der Waals surface area contributed by atoms with Gasteiger partial charge in [-0.1, -0.05) is 6.07 Å². The fraction of sp³-hybridized carbons (Fsp3) is 0.286. The molecule has 0 radical (unpaired) electrons. The molecule has 0 saturated carbocycles. The molecule has 1 aliphatic heterocycles. The number of aryl methyl sites for hydroxylation is 1. The number of carbonyl (C=O) groups is 2. The van der Waals surface area contributed by atoms with Crippen molar-refractivity contribution in [1.82, 2.24) is 9.88 Å². The van der Waals surface area contributed by atoms with E-state index in [-0.39, 0.29) is 34.9 Å². The third-order valence-corrected chi connectivity index (χ3v) is 4.94. The molecular formula is C21H23FN6O2. The maximum atomic E-state index is 14.6. The van der Waals surface area contributed by atoms with E-state index in [4.69, 9.17) is 10.8 Å². The summed E-state index contributed by atoms with van der Waals surface area (Å²) >= 11 is 0. The molecule has 2 amide bonds. The van der Waals surface area contributed by atoms with Gasteiger partial charge in [-0.3, -0.25) is 20.4 Å². The second-order valence-corrected chi connectivity index (χ2v) is 7.25. The van der Waals surface area contributed by atoms with Crippen molar-refractivity contribution in [3.8, 4) is 0 Å².